The molecule has 1 aliphatic heterocycles. The fraction of sp³-hybridized carbons (Fsp3) is 0.500. The topological polar surface area (TPSA) is 42.3 Å². The number of rotatable bonds is 6. The molecule has 1 aromatic heterocycles. The van der Waals surface area contributed by atoms with Crippen LogP contribution in [0.4, 0.5) is 5.69 Å². The van der Waals surface area contributed by atoms with Gasteiger partial charge in [-0.1, -0.05) is 18.2 Å². The summed E-state index contributed by atoms with van der Waals surface area (Å²) in [5.41, 5.74) is 3.87. The molecule has 0 amide bonds. The Morgan fingerprint density at radius 1 is 1.26 bits per heavy atom. The van der Waals surface area contributed by atoms with Gasteiger partial charge in [-0.05, 0) is 31.0 Å². The third kappa shape index (κ3) is 4.33. The fourth-order valence-corrected chi connectivity index (χ4v) is 2.97. The van der Waals surface area contributed by atoms with Gasteiger partial charge in [0, 0.05) is 37.6 Å². The molecule has 124 valence electrons. The zero-order valence-electron chi connectivity index (χ0n) is 14.0. The van der Waals surface area contributed by atoms with Gasteiger partial charge in [0.1, 0.15) is 0 Å². The molecule has 0 spiro atoms. The van der Waals surface area contributed by atoms with Crippen molar-refractivity contribution in [3.8, 4) is 0 Å². The second kappa shape index (κ2) is 7.62. The first-order chi connectivity index (χ1) is 11.2. The first-order valence-corrected chi connectivity index (χ1v) is 8.35. The summed E-state index contributed by atoms with van der Waals surface area (Å²) in [6.45, 7) is 9.60. The molecule has 0 saturated carbocycles. The molecule has 3 rings (SSSR count). The molecule has 0 unspecified atom stereocenters. The normalized spacial score (nSPS) is 16.5. The third-order valence-corrected chi connectivity index (χ3v) is 4.21. The average molecular weight is 314 g/mol. The van der Waals surface area contributed by atoms with Crippen molar-refractivity contribution in [2.45, 2.75) is 33.0 Å². The number of hydrogen-bond acceptors (Lipinski definition) is 4. The van der Waals surface area contributed by atoms with Crippen LogP contribution in [0.15, 0.2) is 36.7 Å². The van der Waals surface area contributed by atoms with Crippen molar-refractivity contribution in [2.24, 2.45) is 0 Å². The van der Waals surface area contributed by atoms with Crippen molar-refractivity contribution in [3.05, 3.63) is 47.8 Å². The lowest BCUT2D eigenvalue weighted by Gasteiger charge is -2.31. The maximum absolute atomic E-state index is 5.46. The minimum absolute atomic E-state index is 0.368. The lowest BCUT2D eigenvalue weighted by Crippen LogP contribution is -2.37. The van der Waals surface area contributed by atoms with Crippen LogP contribution >= 0.6 is 0 Å². The molecule has 1 N–H and O–H groups in total. The Bertz CT molecular complexity index is 619. The van der Waals surface area contributed by atoms with Crippen LogP contribution < -0.4 is 10.2 Å². The standard InChI is InChI=1S/C18H26N4O/c1-15-11-20-22(13-15)14-16(2)19-12-17-5-3-4-6-18(17)21-7-9-23-10-8-21/h3-6,11,13,16,19H,7-10,12,14H2,1-2H3/t16-/m1/s1. The zero-order valence-corrected chi connectivity index (χ0v) is 14.0. The monoisotopic (exact) mass is 314 g/mol. The first kappa shape index (κ1) is 16.0. The molecule has 0 aliphatic carbocycles. The van der Waals surface area contributed by atoms with E-state index in [2.05, 4.69) is 59.6 Å². The first-order valence-electron chi connectivity index (χ1n) is 8.35. The largest absolute Gasteiger partial charge is 0.378 e. The number of anilines is 1. The summed E-state index contributed by atoms with van der Waals surface area (Å²) >= 11 is 0. The van der Waals surface area contributed by atoms with Gasteiger partial charge in [-0.3, -0.25) is 4.68 Å². The Morgan fingerprint density at radius 3 is 2.78 bits per heavy atom. The minimum atomic E-state index is 0.368. The highest BCUT2D eigenvalue weighted by Crippen LogP contribution is 2.21. The van der Waals surface area contributed by atoms with Gasteiger partial charge >= 0.3 is 0 Å². The summed E-state index contributed by atoms with van der Waals surface area (Å²) in [6, 6.07) is 9.02. The number of aryl methyl sites for hydroxylation is 1. The van der Waals surface area contributed by atoms with Crippen molar-refractivity contribution in [3.63, 3.8) is 0 Å². The zero-order chi connectivity index (χ0) is 16.1. The third-order valence-electron chi connectivity index (χ3n) is 4.21. The van der Waals surface area contributed by atoms with Crippen LogP contribution in [-0.4, -0.2) is 42.1 Å². The van der Waals surface area contributed by atoms with Gasteiger partial charge in [0.25, 0.3) is 0 Å². The minimum Gasteiger partial charge on any atom is -0.378 e. The maximum Gasteiger partial charge on any atom is 0.0642 e. The quantitative estimate of drug-likeness (QED) is 0.888. The summed E-state index contributed by atoms with van der Waals surface area (Å²) in [4.78, 5) is 2.42. The predicted octanol–water partition coefficient (Wildman–Crippen LogP) is 2.21. The van der Waals surface area contributed by atoms with Crippen molar-refractivity contribution in [1.82, 2.24) is 15.1 Å². The van der Waals surface area contributed by atoms with Crippen molar-refractivity contribution in [1.29, 1.82) is 0 Å². The van der Waals surface area contributed by atoms with Gasteiger partial charge in [-0.25, -0.2) is 0 Å². The van der Waals surface area contributed by atoms with E-state index in [4.69, 9.17) is 4.74 Å². The highest BCUT2D eigenvalue weighted by Gasteiger charge is 2.14. The Kier molecular flexibility index (Phi) is 5.31. The molecule has 1 atom stereocenters. The average Bonchev–Trinajstić information content (AvgIpc) is 2.99. The molecule has 2 heterocycles. The van der Waals surface area contributed by atoms with E-state index in [9.17, 15) is 0 Å². The smallest absolute Gasteiger partial charge is 0.0642 e. The highest BCUT2D eigenvalue weighted by atomic mass is 16.5. The van der Waals surface area contributed by atoms with Gasteiger partial charge in [-0.15, -0.1) is 0 Å². The van der Waals surface area contributed by atoms with Crippen LogP contribution in [0.3, 0.4) is 0 Å². The van der Waals surface area contributed by atoms with Crippen molar-refractivity contribution < 1.29 is 4.74 Å². The number of hydrogen-bond donors (Lipinski definition) is 1. The predicted molar refractivity (Wildman–Crippen MR) is 92.7 cm³/mol. The van der Waals surface area contributed by atoms with E-state index in [-0.39, 0.29) is 0 Å². The number of ether oxygens (including phenoxy) is 1. The van der Waals surface area contributed by atoms with E-state index in [1.807, 2.05) is 10.9 Å². The Balaban J connectivity index is 1.59. The SMILES string of the molecule is Cc1cnn(C[C@@H](C)NCc2ccccc2N2CCOCC2)c1. The van der Waals surface area contributed by atoms with Crippen molar-refractivity contribution >= 4 is 5.69 Å². The number of nitrogens with one attached hydrogen (secondary N) is 1. The number of para-hydroxylation sites is 1. The summed E-state index contributed by atoms with van der Waals surface area (Å²) in [6.07, 6.45) is 3.99. The maximum atomic E-state index is 5.46. The second-order valence-electron chi connectivity index (χ2n) is 6.25. The molecule has 1 aliphatic rings. The van der Waals surface area contributed by atoms with Gasteiger partial charge in [0.15, 0.2) is 0 Å². The van der Waals surface area contributed by atoms with Crippen LogP contribution in [0, 0.1) is 6.92 Å². The van der Waals surface area contributed by atoms with Gasteiger partial charge in [0.05, 0.1) is 26.0 Å². The van der Waals surface area contributed by atoms with Crippen LogP contribution in [0.2, 0.25) is 0 Å². The Hall–Kier alpha value is -1.85. The van der Waals surface area contributed by atoms with Crippen LogP contribution in [-0.2, 0) is 17.8 Å². The fourth-order valence-electron chi connectivity index (χ4n) is 2.97. The Morgan fingerprint density at radius 2 is 2.04 bits per heavy atom. The lowest BCUT2D eigenvalue weighted by molar-refractivity contribution is 0.122. The van der Waals surface area contributed by atoms with E-state index in [1.165, 1.54) is 16.8 Å². The molecule has 5 heteroatoms. The summed E-state index contributed by atoms with van der Waals surface area (Å²) in [7, 11) is 0. The molecule has 1 aromatic carbocycles. The van der Waals surface area contributed by atoms with Gasteiger partial charge < -0.3 is 15.0 Å². The number of morpholine rings is 1. The molecule has 2 aromatic rings. The summed E-state index contributed by atoms with van der Waals surface area (Å²) in [5.74, 6) is 0. The molecule has 5 nitrogen and oxygen atoms in total. The molecule has 0 bridgehead atoms. The number of benzene rings is 1. The molecule has 23 heavy (non-hydrogen) atoms. The van der Waals surface area contributed by atoms with Gasteiger partial charge in [-0.2, -0.15) is 5.10 Å². The van der Waals surface area contributed by atoms with E-state index in [1.54, 1.807) is 0 Å². The second-order valence-corrected chi connectivity index (χ2v) is 6.25. The van der Waals surface area contributed by atoms with Gasteiger partial charge in [0.2, 0.25) is 0 Å². The number of aromatic nitrogens is 2. The Labute approximate surface area is 138 Å². The molecular weight excluding hydrogens is 288 g/mol. The van der Waals surface area contributed by atoms with E-state index in [0.29, 0.717) is 6.04 Å². The van der Waals surface area contributed by atoms with Crippen LogP contribution in [0.25, 0.3) is 0 Å². The molecule has 1 saturated heterocycles. The van der Waals surface area contributed by atoms with E-state index < -0.39 is 0 Å². The van der Waals surface area contributed by atoms with E-state index >= 15 is 0 Å². The van der Waals surface area contributed by atoms with E-state index in [0.717, 1.165) is 39.4 Å². The summed E-state index contributed by atoms with van der Waals surface area (Å²) < 4.78 is 7.46. The van der Waals surface area contributed by atoms with Crippen molar-refractivity contribution in [2.75, 3.05) is 31.2 Å². The molecule has 1 fully saturated rings. The molecular formula is C18H26N4O. The van der Waals surface area contributed by atoms with Crippen LogP contribution in [0.5, 0.6) is 0 Å². The van der Waals surface area contributed by atoms with Crippen LogP contribution in [0.1, 0.15) is 18.1 Å². The number of nitrogens with zero attached hydrogens (tertiary/aromatic N) is 3. The summed E-state index contributed by atoms with van der Waals surface area (Å²) in [5, 5.41) is 7.97. The highest BCUT2D eigenvalue weighted by molar-refractivity contribution is 5.53. The lowest BCUT2D eigenvalue weighted by atomic mass is 10.1. The molecule has 0 radical (unpaired) electrons.